The van der Waals surface area contributed by atoms with Crippen molar-refractivity contribution in [2.45, 2.75) is 26.3 Å². The van der Waals surface area contributed by atoms with Gasteiger partial charge in [0, 0.05) is 13.1 Å². The molecule has 0 atom stereocenters. The first-order chi connectivity index (χ1) is 8.57. The van der Waals surface area contributed by atoms with Crippen LogP contribution in [0.3, 0.4) is 0 Å². The monoisotopic (exact) mass is 248 g/mol. The number of benzene rings is 1. The van der Waals surface area contributed by atoms with Crippen molar-refractivity contribution in [3.05, 3.63) is 24.3 Å². The lowest BCUT2D eigenvalue weighted by molar-refractivity contribution is -0.126. The van der Waals surface area contributed by atoms with Gasteiger partial charge in [0.2, 0.25) is 5.91 Å². The summed E-state index contributed by atoms with van der Waals surface area (Å²) < 4.78 is 5.65. The number of anilines is 1. The minimum Gasteiger partial charge on any atom is -0.492 e. The van der Waals surface area contributed by atoms with Crippen LogP contribution in [0, 0.1) is 0 Å². The molecule has 18 heavy (non-hydrogen) atoms. The molecule has 0 radical (unpaired) electrons. The van der Waals surface area contributed by atoms with E-state index in [9.17, 15) is 4.79 Å². The molecule has 98 valence electrons. The van der Waals surface area contributed by atoms with Crippen LogP contribution in [0.1, 0.15) is 20.8 Å². The van der Waals surface area contributed by atoms with E-state index in [1.807, 2.05) is 45.0 Å². The van der Waals surface area contributed by atoms with Crippen LogP contribution in [0.25, 0.3) is 0 Å². The van der Waals surface area contributed by atoms with E-state index >= 15 is 0 Å². The summed E-state index contributed by atoms with van der Waals surface area (Å²) in [5.74, 6) is 0.892. The van der Waals surface area contributed by atoms with Gasteiger partial charge in [0.15, 0.2) is 0 Å². The van der Waals surface area contributed by atoms with Gasteiger partial charge in [-0.2, -0.15) is 0 Å². The molecule has 1 amide bonds. The molecule has 0 unspecified atom stereocenters. The van der Waals surface area contributed by atoms with Crippen molar-refractivity contribution in [3.8, 4) is 5.75 Å². The Labute approximate surface area is 108 Å². The maximum absolute atomic E-state index is 12.0. The van der Waals surface area contributed by atoms with Crippen LogP contribution in [0.4, 0.5) is 5.69 Å². The van der Waals surface area contributed by atoms with E-state index in [0.29, 0.717) is 13.2 Å². The zero-order valence-electron chi connectivity index (χ0n) is 11.2. The van der Waals surface area contributed by atoms with Gasteiger partial charge < -0.3 is 15.0 Å². The van der Waals surface area contributed by atoms with Gasteiger partial charge in [0.1, 0.15) is 11.3 Å². The van der Waals surface area contributed by atoms with Gasteiger partial charge in [-0.25, -0.2) is 0 Å². The number of hydrogen-bond acceptors (Lipinski definition) is 3. The largest absolute Gasteiger partial charge is 0.492 e. The number of amides is 1. The van der Waals surface area contributed by atoms with Gasteiger partial charge in [-0.15, -0.1) is 0 Å². The van der Waals surface area contributed by atoms with Gasteiger partial charge in [0.05, 0.1) is 12.3 Å². The first-order valence-corrected chi connectivity index (χ1v) is 6.35. The van der Waals surface area contributed by atoms with Gasteiger partial charge in [-0.05, 0) is 32.9 Å². The molecule has 1 aliphatic rings. The third-order valence-corrected chi connectivity index (χ3v) is 3.31. The van der Waals surface area contributed by atoms with Crippen LogP contribution in [0.2, 0.25) is 0 Å². The molecule has 1 heterocycles. The molecule has 1 saturated heterocycles. The number of carbonyl (C=O) groups excluding carboxylic acids is 1. The number of rotatable bonds is 3. The van der Waals surface area contributed by atoms with Crippen molar-refractivity contribution in [1.29, 1.82) is 0 Å². The zero-order valence-corrected chi connectivity index (χ0v) is 11.2. The standard InChI is InChI=1S/C14H20N2O2/c1-4-18-12-8-6-5-7-11(12)16-10-9-15-13(17)14(16,2)3/h5-8H,4,9-10H2,1-3H3,(H,15,17). The molecule has 0 aromatic heterocycles. The fourth-order valence-electron chi connectivity index (χ4n) is 2.28. The molecular formula is C14H20N2O2. The lowest BCUT2D eigenvalue weighted by atomic mass is 9.97. The molecule has 1 aliphatic heterocycles. The Morgan fingerprint density at radius 1 is 1.39 bits per heavy atom. The van der Waals surface area contributed by atoms with Gasteiger partial charge in [-0.3, -0.25) is 4.79 Å². The highest BCUT2D eigenvalue weighted by atomic mass is 16.5. The lowest BCUT2D eigenvalue weighted by Gasteiger charge is -2.43. The highest BCUT2D eigenvalue weighted by Gasteiger charge is 2.38. The second-order valence-corrected chi connectivity index (χ2v) is 4.87. The Morgan fingerprint density at radius 2 is 2.11 bits per heavy atom. The van der Waals surface area contributed by atoms with Gasteiger partial charge in [0.25, 0.3) is 0 Å². The zero-order chi connectivity index (χ0) is 13.2. The number of para-hydroxylation sites is 2. The molecule has 1 fully saturated rings. The SMILES string of the molecule is CCOc1ccccc1N1CCNC(=O)C1(C)C. The molecule has 1 N–H and O–H groups in total. The maximum atomic E-state index is 12.0. The third kappa shape index (κ3) is 2.15. The quantitative estimate of drug-likeness (QED) is 0.887. The minimum absolute atomic E-state index is 0.0556. The molecular weight excluding hydrogens is 228 g/mol. The molecule has 0 saturated carbocycles. The van der Waals surface area contributed by atoms with Crippen molar-refractivity contribution in [1.82, 2.24) is 5.32 Å². The molecule has 1 aromatic rings. The predicted molar refractivity (Wildman–Crippen MR) is 72.0 cm³/mol. The van der Waals surface area contributed by atoms with Gasteiger partial charge in [-0.1, -0.05) is 12.1 Å². The number of carbonyl (C=O) groups is 1. The second kappa shape index (κ2) is 4.88. The van der Waals surface area contributed by atoms with E-state index in [1.54, 1.807) is 0 Å². The highest BCUT2D eigenvalue weighted by molar-refractivity contribution is 5.91. The molecule has 4 nitrogen and oxygen atoms in total. The predicted octanol–water partition coefficient (Wildman–Crippen LogP) is 1.80. The third-order valence-electron chi connectivity index (χ3n) is 3.31. The summed E-state index contributed by atoms with van der Waals surface area (Å²) in [6.07, 6.45) is 0. The lowest BCUT2D eigenvalue weighted by Crippen LogP contribution is -2.62. The molecule has 0 spiro atoms. The summed E-state index contributed by atoms with van der Waals surface area (Å²) in [5, 5.41) is 2.90. The number of nitrogens with zero attached hydrogens (tertiary/aromatic N) is 1. The number of hydrogen-bond donors (Lipinski definition) is 1. The molecule has 4 heteroatoms. The maximum Gasteiger partial charge on any atom is 0.245 e. The van der Waals surface area contributed by atoms with Crippen molar-refractivity contribution in [2.24, 2.45) is 0 Å². The minimum atomic E-state index is -0.550. The summed E-state index contributed by atoms with van der Waals surface area (Å²) in [5.41, 5.74) is 0.435. The summed E-state index contributed by atoms with van der Waals surface area (Å²) in [6, 6.07) is 7.87. The van der Waals surface area contributed by atoms with Gasteiger partial charge >= 0.3 is 0 Å². The smallest absolute Gasteiger partial charge is 0.245 e. The van der Waals surface area contributed by atoms with E-state index in [-0.39, 0.29) is 5.91 Å². The normalized spacial score (nSPS) is 18.4. The first-order valence-electron chi connectivity index (χ1n) is 6.35. The Morgan fingerprint density at radius 3 is 2.83 bits per heavy atom. The summed E-state index contributed by atoms with van der Waals surface area (Å²) >= 11 is 0. The fraction of sp³-hybridized carbons (Fsp3) is 0.500. The van der Waals surface area contributed by atoms with Crippen LogP contribution < -0.4 is 15.0 Å². The topological polar surface area (TPSA) is 41.6 Å². The van der Waals surface area contributed by atoms with E-state index in [0.717, 1.165) is 18.0 Å². The Hall–Kier alpha value is -1.71. The summed E-state index contributed by atoms with van der Waals surface area (Å²) in [7, 11) is 0. The van der Waals surface area contributed by atoms with Crippen LogP contribution in [-0.2, 0) is 4.79 Å². The van der Waals surface area contributed by atoms with E-state index < -0.39 is 5.54 Å². The van der Waals surface area contributed by atoms with E-state index in [1.165, 1.54) is 0 Å². The van der Waals surface area contributed by atoms with Crippen LogP contribution in [-0.4, -0.2) is 31.1 Å². The molecule has 1 aromatic carbocycles. The molecule has 0 aliphatic carbocycles. The van der Waals surface area contributed by atoms with Crippen molar-refractivity contribution < 1.29 is 9.53 Å². The van der Waals surface area contributed by atoms with E-state index in [4.69, 9.17) is 4.74 Å². The summed E-state index contributed by atoms with van der Waals surface area (Å²) in [4.78, 5) is 14.1. The van der Waals surface area contributed by atoms with Crippen molar-refractivity contribution in [2.75, 3.05) is 24.6 Å². The average Bonchev–Trinajstić information content (AvgIpc) is 2.34. The van der Waals surface area contributed by atoms with Crippen LogP contribution >= 0.6 is 0 Å². The highest BCUT2D eigenvalue weighted by Crippen LogP contribution is 2.33. The number of ether oxygens (including phenoxy) is 1. The van der Waals surface area contributed by atoms with Crippen LogP contribution in [0.5, 0.6) is 5.75 Å². The Balaban J connectivity index is 2.38. The average molecular weight is 248 g/mol. The second-order valence-electron chi connectivity index (χ2n) is 4.87. The molecule has 2 rings (SSSR count). The Kier molecular flexibility index (Phi) is 3.45. The van der Waals surface area contributed by atoms with Crippen molar-refractivity contribution >= 4 is 11.6 Å². The number of nitrogens with one attached hydrogen (secondary N) is 1. The summed E-state index contributed by atoms with van der Waals surface area (Å²) in [6.45, 7) is 7.92. The number of piperazine rings is 1. The molecule has 0 bridgehead atoms. The van der Waals surface area contributed by atoms with Crippen molar-refractivity contribution in [3.63, 3.8) is 0 Å². The van der Waals surface area contributed by atoms with Crippen LogP contribution in [0.15, 0.2) is 24.3 Å². The first kappa shape index (κ1) is 12.7. The van der Waals surface area contributed by atoms with E-state index in [2.05, 4.69) is 10.2 Å². The fourth-order valence-corrected chi connectivity index (χ4v) is 2.28. The Bertz CT molecular complexity index is 443.